The molecule has 2 N–H and O–H groups in total. The van der Waals surface area contributed by atoms with Crippen LogP contribution in [0.4, 0.5) is 0 Å². The molecule has 0 aliphatic heterocycles. The van der Waals surface area contributed by atoms with Gasteiger partial charge in [-0.25, -0.2) is 0 Å². The molecular formula is C12H12ClNO2. The number of hydrogen-bond donors (Lipinski definition) is 1. The molecule has 0 aliphatic rings. The van der Waals surface area contributed by atoms with Gasteiger partial charge in [-0.15, -0.1) is 0 Å². The summed E-state index contributed by atoms with van der Waals surface area (Å²) in [6.07, 6.45) is 3.21. The van der Waals surface area contributed by atoms with Gasteiger partial charge in [0, 0.05) is 10.6 Å². The van der Waals surface area contributed by atoms with Crippen LogP contribution in [-0.4, -0.2) is 7.11 Å². The van der Waals surface area contributed by atoms with E-state index in [1.165, 1.54) is 0 Å². The minimum absolute atomic E-state index is 0.280. The van der Waals surface area contributed by atoms with Gasteiger partial charge in [-0.05, 0) is 23.8 Å². The summed E-state index contributed by atoms with van der Waals surface area (Å²) in [7, 11) is 1.60. The van der Waals surface area contributed by atoms with E-state index in [1.807, 2.05) is 18.2 Å². The highest BCUT2D eigenvalue weighted by Gasteiger charge is 2.13. The molecule has 4 heteroatoms. The zero-order chi connectivity index (χ0) is 11.5. The minimum Gasteiger partial charge on any atom is -0.497 e. The summed E-state index contributed by atoms with van der Waals surface area (Å²) in [6.45, 7) is 0. The summed E-state index contributed by atoms with van der Waals surface area (Å²) in [4.78, 5) is 0. The second-order valence-electron chi connectivity index (χ2n) is 3.42. The predicted octanol–water partition coefficient (Wildman–Crippen LogP) is 2.99. The first-order chi connectivity index (χ1) is 7.72. The van der Waals surface area contributed by atoms with Crippen LogP contribution in [-0.2, 0) is 0 Å². The Morgan fingerprint density at radius 1 is 1.38 bits per heavy atom. The Kier molecular flexibility index (Phi) is 3.17. The Morgan fingerprint density at radius 3 is 2.75 bits per heavy atom. The van der Waals surface area contributed by atoms with Gasteiger partial charge in [-0.1, -0.05) is 17.7 Å². The highest BCUT2D eigenvalue weighted by molar-refractivity contribution is 6.31. The molecule has 2 rings (SSSR count). The second-order valence-corrected chi connectivity index (χ2v) is 3.83. The van der Waals surface area contributed by atoms with Crippen molar-refractivity contribution in [3.63, 3.8) is 0 Å². The molecule has 1 atom stereocenters. The molecule has 84 valence electrons. The lowest BCUT2D eigenvalue weighted by atomic mass is 10.0. The fourth-order valence-electron chi connectivity index (χ4n) is 1.52. The topological polar surface area (TPSA) is 48.4 Å². The van der Waals surface area contributed by atoms with Crippen molar-refractivity contribution in [1.82, 2.24) is 0 Å². The average molecular weight is 238 g/mol. The van der Waals surface area contributed by atoms with E-state index in [1.54, 1.807) is 25.7 Å². The largest absolute Gasteiger partial charge is 0.497 e. The molecule has 16 heavy (non-hydrogen) atoms. The van der Waals surface area contributed by atoms with Crippen molar-refractivity contribution in [1.29, 1.82) is 0 Å². The van der Waals surface area contributed by atoms with E-state index in [-0.39, 0.29) is 6.04 Å². The van der Waals surface area contributed by atoms with Crippen LogP contribution in [0.3, 0.4) is 0 Å². The molecule has 0 amide bonds. The standard InChI is InChI=1S/C12H12ClNO2/c1-15-9-2-3-10(11(13)6-9)12(14)8-4-5-16-7-8/h2-7,12H,14H2,1H3. The van der Waals surface area contributed by atoms with Gasteiger partial charge in [0.05, 0.1) is 25.7 Å². The highest BCUT2D eigenvalue weighted by Crippen LogP contribution is 2.29. The van der Waals surface area contributed by atoms with Crippen LogP contribution in [0.5, 0.6) is 5.75 Å². The monoisotopic (exact) mass is 237 g/mol. The van der Waals surface area contributed by atoms with Crippen molar-refractivity contribution < 1.29 is 9.15 Å². The fraction of sp³-hybridized carbons (Fsp3) is 0.167. The molecule has 2 aromatic rings. The third-order valence-corrected chi connectivity index (χ3v) is 2.77. The van der Waals surface area contributed by atoms with Crippen molar-refractivity contribution in [2.75, 3.05) is 7.11 Å². The van der Waals surface area contributed by atoms with Crippen molar-refractivity contribution in [3.8, 4) is 5.75 Å². The SMILES string of the molecule is COc1ccc(C(N)c2ccoc2)c(Cl)c1. The Labute approximate surface area is 98.8 Å². The first kappa shape index (κ1) is 11.0. The summed E-state index contributed by atoms with van der Waals surface area (Å²) in [5, 5.41) is 0.591. The van der Waals surface area contributed by atoms with Gasteiger partial charge in [0.15, 0.2) is 0 Å². The first-order valence-electron chi connectivity index (χ1n) is 4.83. The van der Waals surface area contributed by atoms with E-state index in [0.29, 0.717) is 10.8 Å². The molecule has 0 fully saturated rings. The molecule has 0 aliphatic carbocycles. The minimum atomic E-state index is -0.280. The maximum Gasteiger partial charge on any atom is 0.120 e. The summed E-state index contributed by atoms with van der Waals surface area (Å²) in [5.41, 5.74) is 7.81. The number of hydrogen-bond acceptors (Lipinski definition) is 3. The molecule has 1 heterocycles. The summed E-state index contributed by atoms with van der Waals surface area (Å²) < 4.78 is 10.1. The molecule has 0 saturated heterocycles. The van der Waals surface area contributed by atoms with Gasteiger partial charge in [0.1, 0.15) is 5.75 Å². The van der Waals surface area contributed by atoms with Crippen LogP contribution in [0.15, 0.2) is 41.2 Å². The van der Waals surface area contributed by atoms with E-state index < -0.39 is 0 Å². The number of methoxy groups -OCH3 is 1. The van der Waals surface area contributed by atoms with E-state index in [2.05, 4.69) is 0 Å². The van der Waals surface area contributed by atoms with Crippen LogP contribution in [0.2, 0.25) is 5.02 Å². The maximum atomic E-state index is 6.13. The molecule has 1 unspecified atom stereocenters. The lowest BCUT2D eigenvalue weighted by Gasteiger charge is -2.12. The highest BCUT2D eigenvalue weighted by atomic mass is 35.5. The smallest absolute Gasteiger partial charge is 0.120 e. The van der Waals surface area contributed by atoms with E-state index in [0.717, 1.165) is 11.1 Å². The Balaban J connectivity index is 2.34. The number of benzene rings is 1. The van der Waals surface area contributed by atoms with E-state index in [9.17, 15) is 0 Å². The van der Waals surface area contributed by atoms with Gasteiger partial charge in [0.2, 0.25) is 0 Å². The van der Waals surface area contributed by atoms with Gasteiger partial charge in [0.25, 0.3) is 0 Å². The van der Waals surface area contributed by atoms with Crippen molar-refractivity contribution >= 4 is 11.6 Å². The second kappa shape index (κ2) is 4.60. The van der Waals surface area contributed by atoms with Crippen molar-refractivity contribution in [2.45, 2.75) is 6.04 Å². The number of ether oxygens (including phenoxy) is 1. The number of halogens is 1. The quantitative estimate of drug-likeness (QED) is 0.893. The lowest BCUT2D eigenvalue weighted by molar-refractivity contribution is 0.414. The van der Waals surface area contributed by atoms with Crippen molar-refractivity contribution in [3.05, 3.63) is 52.9 Å². The summed E-state index contributed by atoms with van der Waals surface area (Å²) >= 11 is 6.13. The molecule has 0 bridgehead atoms. The summed E-state index contributed by atoms with van der Waals surface area (Å²) in [6, 6.07) is 6.99. The van der Waals surface area contributed by atoms with Crippen LogP contribution in [0.25, 0.3) is 0 Å². The van der Waals surface area contributed by atoms with Gasteiger partial charge >= 0.3 is 0 Å². The summed E-state index contributed by atoms with van der Waals surface area (Å²) in [5.74, 6) is 0.716. The van der Waals surface area contributed by atoms with Gasteiger partial charge in [-0.2, -0.15) is 0 Å². The first-order valence-corrected chi connectivity index (χ1v) is 5.21. The van der Waals surface area contributed by atoms with Crippen LogP contribution >= 0.6 is 11.6 Å². The molecular weight excluding hydrogens is 226 g/mol. The number of nitrogens with two attached hydrogens (primary N) is 1. The zero-order valence-electron chi connectivity index (χ0n) is 8.81. The van der Waals surface area contributed by atoms with Gasteiger partial charge in [-0.3, -0.25) is 0 Å². The van der Waals surface area contributed by atoms with Crippen LogP contribution in [0, 0.1) is 0 Å². The molecule has 1 aromatic carbocycles. The zero-order valence-corrected chi connectivity index (χ0v) is 9.57. The Hall–Kier alpha value is -1.45. The van der Waals surface area contributed by atoms with Crippen LogP contribution in [0.1, 0.15) is 17.2 Å². The number of furan rings is 1. The normalized spacial score (nSPS) is 12.4. The number of rotatable bonds is 3. The third-order valence-electron chi connectivity index (χ3n) is 2.44. The fourth-order valence-corrected chi connectivity index (χ4v) is 1.81. The molecule has 0 saturated carbocycles. The van der Waals surface area contributed by atoms with Crippen molar-refractivity contribution in [2.24, 2.45) is 5.73 Å². The van der Waals surface area contributed by atoms with E-state index >= 15 is 0 Å². The van der Waals surface area contributed by atoms with Gasteiger partial charge < -0.3 is 14.9 Å². The maximum absolute atomic E-state index is 6.13. The Morgan fingerprint density at radius 2 is 2.19 bits per heavy atom. The molecule has 0 radical (unpaired) electrons. The van der Waals surface area contributed by atoms with Crippen LogP contribution < -0.4 is 10.5 Å². The molecule has 0 spiro atoms. The van der Waals surface area contributed by atoms with E-state index in [4.69, 9.17) is 26.5 Å². The average Bonchev–Trinajstić information content (AvgIpc) is 2.81. The Bertz CT molecular complexity index is 468. The third kappa shape index (κ3) is 2.05. The lowest BCUT2D eigenvalue weighted by Crippen LogP contribution is -2.11. The predicted molar refractivity (Wildman–Crippen MR) is 62.7 cm³/mol. The molecule has 3 nitrogen and oxygen atoms in total. The molecule has 1 aromatic heterocycles.